The molecule has 0 saturated carbocycles. The van der Waals surface area contributed by atoms with Crippen molar-refractivity contribution in [3.63, 3.8) is 0 Å². The van der Waals surface area contributed by atoms with Crippen LogP contribution in [0.1, 0.15) is 33.4 Å². The maximum atomic E-state index is 10.0. The third-order valence-corrected chi connectivity index (χ3v) is 19.9. The van der Waals surface area contributed by atoms with Gasteiger partial charge in [0.25, 0.3) is 0 Å². The third kappa shape index (κ3) is 11.3. The minimum Gasteiger partial charge on any atom is -0.423 e. The molecule has 2 aliphatic carbocycles. The zero-order valence-electron chi connectivity index (χ0n) is 54.6. The summed E-state index contributed by atoms with van der Waals surface area (Å²) in [5.41, 5.74) is 36.4. The molecule has 0 aliphatic heterocycles. The summed E-state index contributed by atoms with van der Waals surface area (Å²) in [7, 11) is -3.10. The normalized spacial score (nSPS) is 12.6. The molecular weight excluding hydrogens is 1210 g/mol. The molecule has 470 valence electrons. The summed E-state index contributed by atoms with van der Waals surface area (Å²) in [4.78, 5) is 0. The lowest BCUT2D eigenvalue weighted by Crippen LogP contribution is -2.29. The molecule has 0 aromatic heterocycles. The molecular formula is C94H64B2O4. The topological polar surface area (TPSA) is 80.9 Å². The van der Waals surface area contributed by atoms with Crippen molar-refractivity contribution in [2.75, 3.05) is 0 Å². The van der Waals surface area contributed by atoms with Gasteiger partial charge in [0.05, 0.1) is 0 Å². The van der Waals surface area contributed by atoms with E-state index >= 15 is 0 Å². The Morgan fingerprint density at radius 3 is 0.720 bits per heavy atom. The van der Waals surface area contributed by atoms with Crippen LogP contribution in [-0.4, -0.2) is 34.3 Å². The van der Waals surface area contributed by atoms with Gasteiger partial charge >= 0.3 is 14.2 Å². The first-order valence-corrected chi connectivity index (χ1v) is 34.0. The second-order valence-electron chi connectivity index (χ2n) is 25.8. The van der Waals surface area contributed by atoms with E-state index in [2.05, 4.69) is 315 Å². The van der Waals surface area contributed by atoms with Crippen LogP contribution in [0.2, 0.25) is 0 Å². The minimum absolute atomic E-state index is 0.446. The van der Waals surface area contributed by atoms with Crippen LogP contribution < -0.4 is 10.9 Å². The molecule has 0 radical (unpaired) electrons. The fraction of sp³-hybridized carbons (Fsp3) is 0. The van der Waals surface area contributed by atoms with Gasteiger partial charge < -0.3 is 20.1 Å². The van der Waals surface area contributed by atoms with Gasteiger partial charge in [-0.2, -0.15) is 0 Å². The highest BCUT2D eigenvalue weighted by molar-refractivity contribution is 6.59. The second kappa shape index (κ2) is 26.3. The van der Waals surface area contributed by atoms with Crippen molar-refractivity contribution in [3.05, 3.63) is 385 Å². The Morgan fingerprint density at radius 1 is 0.170 bits per heavy atom. The van der Waals surface area contributed by atoms with Gasteiger partial charge in [-0.15, -0.1) is 0 Å². The van der Waals surface area contributed by atoms with Crippen LogP contribution in [-0.2, 0) is 0 Å². The van der Waals surface area contributed by atoms with Gasteiger partial charge in [-0.25, -0.2) is 0 Å². The van der Waals surface area contributed by atoms with E-state index in [0.29, 0.717) is 10.9 Å². The van der Waals surface area contributed by atoms with Crippen molar-refractivity contribution < 1.29 is 20.1 Å². The van der Waals surface area contributed by atoms with Crippen LogP contribution in [0.25, 0.3) is 157 Å². The summed E-state index contributed by atoms with van der Waals surface area (Å²) in [6.45, 7) is 0. The fourth-order valence-electron chi connectivity index (χ4n) is 15.2. The van der Waals surface area contributed by atoms with E-state index in [9.17, 15) is 20.1 Å². The smallest absolute Gasteiger partial charge is 0.423 e. The molecule has 17 rings (SSSR count). The van der Waals surface area contributed by atoms with Crippen LogP contribution in [0.5, 0.6) is 0 Å². The summed E-state index contributed by atoms with van der Waals surface area (Å²) in [5.74, 6) is 0. The molecule has 2 aliphatic rings. The van der Waals surface area contributed by atoms with E-state index in [1.54, 1.807) is 24.3 Å². The minimum atomic E-state index is -1.55. The number of hydrogen-bond donors (Lipinski definition) is 4. The molecule has 0 spiro atoms. The zero-order chi connectivity index (χ0) is 67.2. The fourth-order valence-corrected chi connectivity index (χ4v) is 15.2. The molecule has 15 aromatic rings. The molecule has 4 N–H and O–H groups in total. The van der Waals surface area contributed by atoms with Gasteiger partial charge in [-0.05, 0) is 225 Å². The van der Waals surface area contributed by atoms with Crippen molar-refractivity contribution in [2.24, 2.45) is 0 Å². The standard InChI is InChI=1S/C94H64B2O4/c97-95(98)73-49-39-61(40-50-73)55-85-77-37-21-19-35-75(77)79-53-47-71(57-87(79)85)83-59-81(63-23-7-1-8-24-63)91(93(67-31-15-5-16-32-67)89(83)65-27-11-3-12-28-65)69-43-45-70(46-44-69)92-82(64-25-9-2-10-26-64)60-84(90(66-29-13-4-14-30-66)94(92)68-33-17-6-18-34-68)72-48-54-80-76-36-20-22-38-78(76)86(88(80)58-72)56-62-41-51-74(52-42-62)96(99)100/h1-60,97-100H/b85-55+,86-56+. The maximum absolute atomic E-state index is 10.0. The third-order valence-electron chi connectivity index (χ3n) is 19.9. The quantitative estimate of drug-likeness (QED) is 0.0818. The highest BCUT2D eigenvalue weighted by atomic mass is 16.4. The monoisotopic (exact) mass is 1280 g/mol. The maximum Gasteiger partial charge on any atom is 0.488 e. The van der Waals surface area contributed by atoms with Gasteiger partial charge in [0.15, 0.2) is 0 Å². The highest BCUT2D eigenvalue weighted by Crippen LogP contribution is 2.56. The summed E-state index contributed by atoms with van der Waals surface area (Å²) >= 11 is 0. The molecule has 0 amide bonds. The largest absolute Gasteiger partial charge is 0.488 e. The van der Waals surface area contributed by atoms with Crippen molar-refractivity contribution in [3.8, 4) is 134 Å². The predicted molar refractivity (Wildman–Crippen MR) is 418 cm³/mol. The van der Waals surface area contributed by atoms with Crippen molar-refractivity contribution in [1.29, 1.82) is 0 Å². The van der Waals surface area contributed by atoms with Crippen LogP contribution >= 0.6 is 0 Å². The Kier molecular flexibility index (Phi) is 16.1. The first kappa shape index (κ1) is 61.3. The van der Waals surface area contributed by atoms with Crippen LogP contribution in [0, 0.1) is 0 Å². The van der Waals surface area contributed by atoms with Crippen molar-refractivity contribution in [1.82, 2.24) is 0 Å². The van der Waals surface area contributed by atoms with Crippen molar-refractivity contribution >= 4 is 48.5 Å². The van der Waals surface area contributed by atoms with E-state index in [1.165, 1.54) is 11.1 Å². The van der Waals surface area contributed by atoms with Gasteiger partial charge in [-0.1, -0.05) is 328 Å². The molecule has 6 heteroatoms. The highest BCUT2D eigenvalue weighted by Gasteiger charge is 2.31. The number of fused-ring (bicyclic) bond motifs is 6. The van der Waals surface area contributed by atoms with E-state index in [-0.39, 0.29) is 0 Å². The number of benzene rings is 15. The van der Waals surface area contributed by atoms with Crippen LogP contribution in [0.3, 0.4) is 0 Å². The number of hydrogen-bond acceptors (Lipinski definition) is 4. The predicted octanol–water partition coefficient (Wildman–Crippen LogP) is 20.9. The lowest BCUT2D eigenvalue weighted by Gasteiger charge is -2.26. The molecule has 15 aromatic carbocycles. The average Bonchev–Trinajstić information content (AvgIpc) is 0.854. The average molecular weight is 1280 g/mol. The second-order valence-corrected chi connectivity index (χ2v) is 25.8. The zero-order valence-corrected chi connectivity index (χ0v) is 54.6. The van der Waals surface area contributed by atoms with Gasteiger partial charge in [0.2, 0.25) is 0 Å². The Bertz CT molecular complexity index is 5290. The van der Waals surface area contributed by atoms with Gasteiger partial charge in [0.1, 0.15) is 0 Å². The van der Waals surface area contributed by atoms with Crippen molar-refractivity contribution in [2.45, 2.75) is 0 Å². The molecule has 100 heavy (non-hydrogen) atoms. The molecule has 0 fully saturated rings. The molecule has 0 saturated heterocycles. The molecule has 0 heterocycles. The Balaban J connectivity index is 0.895. The lowest BCUT2D eigenvalue weighted by atomic mass is 9.77. The first-order chi connectivity index (χ1) is 49.3. The van der Waals surface area contributed by atoms with Gasteiger partial charge in [0, 0.05) is 0 Å². The molecule has 0 unspecified atom stereocenters. The Labute approximate surface area is 583 Å². The van der Waals surface area contributed by atoms with E-state index in [0.717, 1.165) is 167 Å². The molecule has 0 atom stereocenters. The van der Waals surface area contributed by atoms with E-state index in [1.807, 2.05) is 24.3 Å². The van der Waals surface area contributed by atoms with E-state index in [4.69, 9.17) is 0 Å². The SMILES string of the molecule is OB(O)c1ccc(/C=C2\c3ccccc3-c3ccc(-c4cc(-c5ccccc5)c(-c5ccc(-c6c(-c7ccccc7)cc(-c7ccc8c(c7)/C(=C/c7ccc(B(O)O)cc7)c7ccccc7-8)c(-c7ccccc7)c6-c6ccccc6)cc5)c(-c5ccccc5)c4-c4ccccc4)cc32)cc1. The first-order valence-electron chi connectivity index (χ1n) is 34.0. The van der Waals surface area contributed by atoms with Crippen LogP contribution in [0.4, 0.5) is 0 Å². The van der Waals surface area contributed by atoms with Gasteiger partial charge in [-0.3, -0.25) is 0 Å². The van der Waals surface area contributed by atoms with Crippen LogP contribution in [0.15, 0.2) is 352 Å². The Morgan fingerprint density at radius 2 is 0.410 bits per heavy atom. The Hall–Kier alpha value is -12.3. The summed E-state index contributed by atoms with van der Waals surface area (Å²) in [6.07, 6.45) is 4.44. The number of rotatable bonds is 14. The molecule has 4 nitrogen and oxygen atoms in total. The summed E-state index contributed by atoms with van der Waals surface area (Å²) in [6, 6.07) is 126. The molecule has 0 bridgehead atoms. The lowest BCUT2D eigenvalue weighted by molar-refractivity contribution is 0.424. The summed E-state index contributed by atoms with van der Waals surface area (Å²) in [5, 5.41) is 40.0. The summed E-state index contributed by atoms with van der Waals surface area (Å²) < 4.78 is 0. The van der Waals surface area contributed by atoms with E-state index < -0.39 is 14.2 Å².